The minimum atomic E-state index is -1.01. The fourth-order valence-electron chi connectivity index (χ4n) is 2.34. The lowest BCUT2D eigenvalue weighted by molar-refractivity contribution is 0.0696. The Morgan fingerprint density at radius 2 is 2.05 bits per heavy atom. The van der Waals surface area contributed by atoms with Gasteiger partial charge in [0, 0.05) is 19.3 Å². The molecule has 0 saturated carbocycles. The number of aromatic nitrogens is 1. The molecule has 21 heavy (non-hydrogen) atoms. The predicted molar refractivity (Wildman–Crippen MR) is 79.2 cm³/mol. The number of carbonyl (C=O) groups is 1. The smallest absolute Gasteiger partial charge is 0.339 e. The molecule has 0 amide bonds. The van der Waals surface area contributed by atoms with Gasteiger partial charge in [-0.2, -0.15) is 0 Å². The van der Waals surface area contributed by atoms with Crippen LogP contribution >= 0.6 is 0 Å². The summed E-state index contributed by atoms with van der Waals surface area (Å²) in [7, 11) is 1.75. The van der Waals surface area contributed by atoms with E-state index in [0.717, 1.165) is 11.3 Å². The number of halogens is 1. The quantitative estimate of drug-likeness (QED) is 0.939. The van der Waals surface area contributed by atoms with E-state index in [1.54, 1.807) is 37.1 Å². The van der Waals surface area contributed by atoms with Crippen LogP contribution in [0.4, 0.5) is 10.2 Å². The predicted octanol–water partition coefficient (Wildman–Crippen LogP) is 3.17. The average Bonchev–Trinajstić information content (AvgIpc) is 2.37. The Kier molecular flexibility index (Phi) is 4.21. The Morgan fingerprint density at radius 1 is 1.33 bits per heavy atom. The molecule has 1 N–H and O–H groups in total. The fraction of sp³-hybridized carbons (Fsp3) is 0.250. The molecule has 0 aliphatic rings. The first-order valence-electron chi connectivity index (χ1n) is 6.55. The second kappa shape index (κ2) is 5.91. The third kappa shape index (κ3) is 3.37. The lowest BCUT2D eigenvalue weighted by Crippen LogP contribution is -2.22. The van der Waals surface area contributed by atoms with Crippen LogP contribution in [0.3, 0.4) is 0 Å². The number of aryl methyl sites for hydroxylation is 2. The first-order chi connectivity index (χ1) is 9.88. The number of pyridine rings is 1. The van der Waals surface area contributed by atoms with Crippen LogP contribution in [0.2, 0.25) is 0 Å². The van der Waals surface area contributed by atoms with Crippen molar-refractivity contribution in [2.75, 3.05) is 11.9 Å². The van der Waals surface area contributed by atoms with Gasteiger partial charge in [-0.3, -0.25) is 0 Å². The minimum Gasteiger partial charge on any atom is -0.478 e. The topological polar surface area (TPSA) is 53.4 Å². The van der Waals surface area contributed by atoms with Crippen LogP contribution in [0.1, 0.15) is 27.2 Å². The summed E-state index contributed by atoms with van der Waals surface area (Å²) in [5.74, 6) is -0.932. The van der Waals surface area contributed by atoms with Crippen molar-refractivity contribution in [1.29, 1.82) is 0 Å². The third-order valence-corrected chi connectivity index (χ3v) is 3.21. The molecular weight excluding hydrogens is 271 g/mol. The summed E-state index contributed by atoms with van der Waals surface area (Å²) in [5, 5.41) is 9.37. The number of benzene rings is 1. The monoisotopic (exact) mass is 288 g/mol. The van der Waals surface area contributed by atoms with Gasteiger partial charge in [-0.15, -0.1) is 0 Å². The second-order valence-corrected chi connectivity index (χ2v) is 5.07. The lowest BCUT2D eigenvalue weighted by atomic mass is 10.1. The summed E-state index contributed by atoms with van der Waals surface area (Å²) in [6, 6.07) is 7.97. The lowest BCUT2D eigenvalue weighted by Gasteiger charge is -2.21. The van der Waals surface area contributed by atoms with Crippen LogP contribution in [0.15, 0.2) is 30.3 Å². The Morgan fingerprint density at radius 3 is 2.67 bits per heavy atom. The van der Waals surface area contributed by atoms with Crippen LogP contribution in [0.5, 0.6) is 0 Å². The highest BCUT2D eigenvalue weighted by molar-refractivity contribution is 5.95. The number of hydrogen-bond acceptors (Lipinski definition) is 3. The van der Waals surface area contributed by atoms with Crippen LogP contribution in [-0.4, -0.2) is 23.1 Å². The van der Waals surface area contributed by atoms with E-state index < -0.39 is 5.97 Å². The Hall–Kier alpha value is -2.43. The summed E-state index contributed by atoms with van der Waals surface area (Å²) in [6.45, 7) is 3.95. The van der Waals surface area contributed by atoms with Crippen molar-refractivity contribution in [2.24, 2.45) is 0 Å². The van der Waals surface area contributed by atoms with Crippen molar-refractivity contribution >= 4 is 11.8 Å². The molecule has 2 aromatic rings. The summed E-state index contributed by atoms with van der Waals surface area (Å²) >= 11 is 0. The van der Waals surface area contributed by atoms with Crippen molar-refractivity contribution in [2.45, 2.75) is 20.4 Å². The van der Waals surface area contributed by atoms with E-state index in [1.165, 1.54) is 12.1 Å². The zero-order valence-electron chi connectivity index (χ0n) is 12.2. The molecule has 0 radical (unpaired) electrons. The van der Waals surface area contributed by atoms with Gasteiger partial charge in [-0.05, 0) is 43.2 Å². The van der Waals surface area contributed by atoms with Gasteiger partial charge < -0.3 is 10.0 Å². The highest BCUT2D eigenvalue weighted by atomic mass is 19.1. The van der Waals surface area contributed by atoms with E-state index in [1.807, 2.05) is 6.92 Å². The molecule has 2 rings (SSSR count). The van der Waals surface area contributed by atoms with Gasteiger partial charge in [0.1, 0.15) is 17.2 Å². The number of anilines is 1. The van der Waals surface area contributed by atoms with Crippen molar-refractivity contribution in [3.63, 3.8) is 0 Å². The average molecular weight is 288 g/mol. The third-order valence-electron chi connectivity index (χ3n) is 3.21. The molecule has 5 heteroatoms. The molecule has 1 aromatic heterocycles. The zero-order valence-corrected chi connectivity index (χ0v) is 12.2. The standard InChI is InChI=1S/C16H17FN2O2/c1-10-7-11(2)18-15(14(10)16(20)21)19(3)9-12-5-4-6-13(17)8-12/h4-8H,9H2,1-3H3,(H,20,21). The number of nitrogens with zero attached hydrogens (tertiary/aromatic N) is 2. The number of hydrogen-bond donors (Lipinski definition) is 1. The van der Waals surface area contributed by atoms with Crippen molar-refractivity contribution in [3.05, 3.63) is 58.5 Å². The van der Waals surface area contributed by atoms with E-state index in [4.69, 9.17) is 0 Å². The molecule has 0 bridgehead atoms. The molecular formula is C16H17FN2O2. The van der Waals surface area contributed by atoms with E-state index in [-0.39, 0.29) is 11.4 Å². The van der Waals surface area contributed by atoms with Crippen LogP contribution in [0.25, 0.3) is 0 Å². The van der Waals surface area contributed by atoms with E-state index in [2.05, 4.69) is 4.98 Å². The molecule has 0 aliphatic carbocycles. The van der Waals surface area contributed by atoms with Gasteiger partial charge in [-0.1, -0.05) is 12.1 Å². The molecule has 110 valence electrons. The first-order valence-corrected chi connectivity index (χ1v) is 6.55. The summed E-state index contributed by atoms with van der Waals surface area (Å²) < 4.78 is 13.2. The Labute approximate surface area is 122 Å². The van der Waals surface area contributed by atoms with Gasteiger partial charge in [0.25, 0.3) is 0 Å². The highest BCUT2D eigenvalue weighted by Gasteiger charge is 2.19. The normalized spacial score (nSPS) is 10.5. The highest BCUT2D eigenvalue weighted by Crippen LogP contribution is 2.23. The maximum atomic E-state index is 13.2. The SMILES string of the molecule is Cc1cc(C)c(C(=O)O)c(N(C)Cc2cccc(F)c2)n1. The molecule has 0 fully saturated rings. The summed E-state index contributed by atoms with van der Waals surface area (Å²) in [4.78, 5) is 17.5. The molecule has 4 nitrogen and oxygen atoms in total. The van der Waals surface area contributed by atoms with Gasteiger partial charge >= 0.3 is 5.97 Å². The molecule has 1 heterocycles. The van der Waals surface area contributed by atoms with Crippen LogP contribution in [0, 0.1) is 19.7 Å². The molecule has 1 aromatic carbocycles. The maximum Gasteiger partial charge on any atom is 0.339 e. The summed E-state index contributed by atoms with van der Waals surface area (Å²) in [6.07, 6.45) is 0. The first kappa shape index (κ1) is 15.0. The summed E-state index contributed by atoms with van der Waals surface area (Å²) in [5.41, 5.74) is 2.35. The number of aromatic carboxylic acids is 1. The zero-order chi connectivity index (χ0) is 15.6. The van der Waals surface area contributed by atoms with E-state index in [9.17, 15) is 14.3 Å². The van der Waals surface area contributed by atoms with Crippen molar-refractivity contribution in [1.82, 2.24) is 4.98 Å². The minimum absolute atomic E-state index is 0.180. The van der Waals surface area contributed by atoms with Gasteiger partial charge in [0.2, 0.25) is 0 Å². The van der Waals surface area contributed by atoms with E-state index in [0.29, 0.717) is 17.9 Å². The van der Waals surface area contributed by atoms with Gasteiger partial charge in [0.15, 0.2) is 0 Å². The number of rotatable bonds is 4. The Balaban J connectivity index is 2.39. The van der Waals surface area contributed by atoms with Crippen molar-refractivity contribution in [3.8, 4) is 0 Å². The molecule has 0 aliphatic heterocycles. The van der Waals surface area contributed by atoms with Crippen LogP contribution in [-0.2, 0) is 6.54 Å². The maximum absolute atomic E-state index is 13.2. The molecule has 0 saturated heterocycles. The van der Waals surface area contributed by atoms with Gasteiger partial charge in [-0.25, -0.2) is 14.2 Å². The Bertz CT molecular complexity index is 686. The van der Waals surface area contributed by atoms with Gasteiger partial charge in [0.05, 0.1) is 0 Å². The number of carboxylic acids is 1. The molecule has 0 unspecified atom stereocenters. The number of carboxylic acid groups (broad SMARTS) is 1. The van der Waals surface area contributed by atoms with E-state index >= 15 is 0 Å². The molecule has 0 spiro atoms. The second-order valence-electron chi connectivity index (χ2n) is 5.07. The van der Waals surface area contributed by atoms with Crippen molar-refractivity contribution < 1.29 is 14.3 Å². The largest absolute Gasteiger partial charge is 0.478 e. The van der Waals surface area contributed by atoms with Crippen LogP contribution < -0.4 is 4.90 Å². The molecule has 0 atom stereocenters. The fourth-order valence-corrected chi connectivity index (χ4v) is 2.34.